The Kier molecular flexibility index (Phi) is 4.08. The van der Waals surface area contributed by atoms with Gasteiger partial charge in [-0.3, -0.25) is 0 Å². The zero-order valence-corrected chi connectivity index (χ0v) is 13.4. The molecule has 0 aliphatic heterocycles. The SMILES string of the molecule is S=c1[nH]c2ccc(Br)cc2n1C1CCCCCCC1. The Labute approximate surface area is 127 Å². The quantitative estimate of drug-likeness (QED) is 0.656. The Bertz CT molecular complexity index is 621. The van der Waals surface area contributed by atoms with Crippen molar-refractivity contribution in [2.24, 2.45) is 0 Å². The van der Waals surface area contributed by atoms with Gasteiger partial charge in [-0.2, -0.15) is 0 Å². The molecule has 0 amide bonds. The van der Waals surface area contributed by atoms with Crippen LogP contribution in [0.15, 0.2) is 22.7 Å². The van der Waals surface area contributed by atoms with E-state index in [-0.39, 0.29) is 0 Å². The van der Waals surface area contributed by atoms with Gasteiger partial charge in [-0.25, -0.2) is 0 Å². The number of fused-ring (bicyclic) bond motifs is 1. The van der Waals surface area contributed by atoms with Gasteiger partial charge in [0.15, 0.2) is 4.77 Å². The van der Waals surface area contributed by atoms with E-state index in [9.17, 15) is 0 Å². The molecule has 3 rings (SSSR count). The molecule has 1 fully saturated rings. The number of nitrogens with zero attached hydrogens (tertiary/aromatic N) is 1. The van der Waals surface area contributed by atoms with Crippen LogP contribution in [0.2, 0.25) is 0 Å². The molecule has 0 radical (unpaired) electrons. The fourth-order valence-corrected chi connectivity index (χ4v) is 3.86. The van der Waals surface area contributed by atoms with Crippen LogP contribution >= 0.6 is 28.1 Å². The van der Waals surface area contributed by atoms with Crippen molar-refractivity contribution in [2.75, 3.05) is 0 Å². The molecule has 0 bridgehead atoms. The summed E-state index contributed by atoms with van der Waals surface area (Å²) in [5, 5.41) is 0. The van der Waals surface area contributed by atoms with Crippen LogP contribution in [0.1, 0.15) is 51.0 Å². The number of hydrogen-bond donors (Lipinski definition) is 1. The molecular weight excluding hydrogens is 320 g/mol. The molecule has 0 atom stereocenters. The van der Waals surface area contributed by atoms with E-state index in [1.54, 1.807) is 0 Å². The highest BCUT2D eigenvalue weighted by Gasteiger charge is 2.16. The zero-order chi connectivity index (χ0) is 13.2. The molecule has 1 aromatic carbocycles. The van der Waals surface area contributed by atoms with Gasteiger partial charge >= 0.3 is 0 Å². The Balaban J connectivity index is 2.04. The average molecular weight is 339 g/mol. The first-order chi connectivity index (χ1) is 9.25. The first kappa shape index (κ1) is 13.4. The summed E-state index contributed by atoms with van der Waals surface area (Å²) in [6, 6.07) is 6.92. The molecule has 1 aliphatic carbocycles. The lowest BCUT2D eigenvalue weighted by atomic mass is 9.96. The number of imidazole rings is 1. The van der Waals surface area contributed by atoms with Crippen LogP contribution in [0.25, 0.3) is 11.0 Å². The van der Waals surface area contributed by atoms with Crippen molar-refractivity contribution >= 4 is 39.2 Å². The van der Waals surface area contributed by atoms with E-state index in [1.165, 1.54) is 50.5 Å². The lowest BCUT2D eigenvalue weighted by molar-refractivity contribution is 0.376. The van der Waals surface area contributed by atoms with Crippen LogP contribution in [0.4, 0.5) is 0 Å². The third kappa shape index (κ3) is 2.79. The third-order valence-corrected chi connectivity index (χ3v) is 4.91. The number of aromatic amines is 1. The number of hydrogen-bond acceptors (Lipinski definition) is 1. The van der Waals surface area contributed by atoms with E-state index in [4.69, 9.17) is 12.2 Å². The van der Waals surface area contributed by atoms with Gasteiger partial charge in [0.2, 0.25) is 0 Å². The molecule has 19 heavy (non-hydrogen) atoms. The van der Waals surface area contributed by atoms with Gasteiger partial charge in [-0.05, 0) is 43.3 Å². The van der Waals surface area contributed by atoms with Crippen molar-refractivity contribution in [3.05, 3.63) is 27.4 Å². The summed E-state index contributed by atoms with van der Waals surface area (Å²) in [4.78, 5) is 3.34. The number of rotatable bonds is 1. The van der Waals surface area contributed by atoms with Crippen molar-refractivity contribution in [2.45, 2.75) is 51.0 Å². The second-order valence-corrected chi connectivity index (χ2v) is 6.76. The Morgan fingerprint density at radius 3 is 2.53 bits per heavy atom. The Morgan fingerprint density at radius 2 is 1.79 bits per heavy atom. The van der Waals surface area contributed by atoms with Crippen molar-refractivity contribution in [1.29, 1.82) is 0 Å². The van der Waals surface area contributed by atoms with Crippen molar-refractivity contribution in [3.63, 3.8) is 0 Å². The molecule has 0 unspecified atom stereocenters. The van der Waals surface area contributed by atoms with Gasteiger partial charge in [0.05, 0.1) is 11.0 Å². The van der Waals surface area contributed by atoms with Gasteiger partial charge in [0.25, 0.3) is 0 Å². The lowest BCUT2D eigenvalue weighted by Crippen LogP contribution is -2.11. The van der Waals surface area contributed by atoms with Crippen molar-refractivity contribution in [3.8, 4) is 0 Å². The predicted molar refractivity (Wildman–Crippen MR) is 86.2 cm³/mol. The molecule has 0 saturated heterocycles. The molecule has 102 valence electrons. The van der Waals surface area contributed by atoms with Gasteiger partial charge < -0.3 is 9.55 Å². The minimum atomic E-state index is 0.566. The number of benzene rings is 1. The van der Waals surface area contributed by atoms with Crippen LogP contribution in [0, 0.1) is 4.77 Å². The average Bonchev–Trinajstić information content (AvgIpc) is 2.65. The van der Waals surface area contributed by atoms with E-state index >= 15 is 0 Å². The summed E-state index contributed by atoms with van der Waals surface area (Å²) in [6.45, 7) is 0. The molecule has 4 heteroatoms. The molecule has 2 aromatic rings. The first-order valence-electron chi connectivity index (χ1n) is 7.15. The molecular formula is C15H19BrN2S. The largest absolute Gasteiger partial charge is 0.331 e. The minimum absolute atomic E-state index is 0.566. The van der Waals surface area contributed by atoms with Crippen LogP contribution in [-0.2, 0) is 0 Å². The van der Waals surface area contributed by atoms with Gasteiger partial charge in [0, 0.05) is 10.5 Å². The van der Waals surface area contributed by atoms with E-state index < -0.39 is 0 Å². The second-order valence-electron chi connectivity index (χ2n) is 5.46. The first-order valence-corrected chi connectivity index (χ1v) is 8.35. The fourth-order valence-electron chi connectivity index (χ4n) is 3.15. The maximum atomic E-state index is 5.55. The highest BCUT2D eigenvalue weighted by Crippen LogP contribution is 2.31. The standard InChI is InChI=1S/C15H19BrN2S/c16-11-8-9-13-14(10-11)18(15(19)17-13)12-6-4-2-1-3-5-7-12/h8-10,12H,1-7H2,(H,17,19). The number of H-pyrrole nitrogens is 1. The van der Waals surface area contributed by atoms with Gasteiger partial charge in [-0.15, -0.1) is 0 Å². The molecule has 1 saturated carbocycles. The third-order valence-electron chi connectivity index (χ3n) is 4.12. The summed E-state index contributed by atoms with van der Waals surface area (Å²) in [7, 11) is 0. The monoisotopic (exact) mass is 338 g/mol. The Hall–Kier alpha value is -0.610. The number of halogens is 1. The minimum Gasteiger partial charge on any atom is -0.331 e. The van der Waals surface area contributed by atoms with E-state index in [0.29, 0.717) is 6.04 Å². The van der Waals surface area contributed by atoms with Crippen molar-refractivity contribution in [1.82, 2.24) is 9.55 Å². The molecule has 1 heterocycles. The van der Waals surface area contributed by atoms with Crippen LogP contribution < -0.4 is 0 Å². The smallest absolute Gasteiger partial charge is 0.178 e. The number of aromatic nitrogens is 2. The molecule has 1 N–H and O–H groups in total. The zero-order valence-electron chi connectivity index (χ0n) is 11.0. The summed E-state index contributed by atoms with van der Waals surface area (Å²) in [5.41, 5.74) is 2.39. The molecule has 0 spiro atoms. The second kappa shape index (κ2) is 5.80. The molecule has 1 aromatic heterocycles. The topological polar surface area (TPSA) is 20.7 Å². The lowest BCUT2D eigenvalue weighted by Gasteiger charge is -2.22. The maximum Gasteiger partial charge on any atom is 0.178 e. The van der Waals surface area contributed by atoms with Crippen LogP contribution in [0.3, 0.4) is 0 Å². The van der Waals surface area contributed by atoms with Crippen molar-refractivity contribution < 1.29 is 0 Å². The Morgan fingerprint density at radius 1 is 1.11 bits per heavy atom. The van der Waals surface area contributed by atoms with E-state index in [2.05, 4.69) is 43.7 Å². The van der Waals surface area contributed by atoms with Crippen LogP contribution in [-0.4, -0.2) is 9.55 Å². The molecule has 1 aliphatic rings. The van der Waals surface area contributed by atoms with E-state index in [1.807, 2.05) is 0 Å². The van der Waals surface area contributed by atoms with E-state index in [0.717, 1.165) is 14.8 Å². The van der Waals surface area contributed by atoms with Crippen LogP contribution in [0.5, 0.6) is 0 Å². The summed E-state index contributed by atoms with van der Waals surface area (Å²) in [6.07, 6.45) is 9.31. The highest BCUT2D eigenvalue weighted by atomic mass is 79.9. The maximum absolute atomic E-state index is 5.55. The summed E-state index contributed by atoms with van der Waals surface area (Å²) < 4.78 is 4.34. The molecule has 2 nitrogen and oxygen atoms in total. The van der Waals surface area contributed by atoms with Gasteiger partial charge in [-0.1, -0.05) is 48.0 Å². The van der Waals surface area contributed by atoms with Gasteiger partial charge in [0.1, 0.15) is 0 Å². The fraction of sp³-hybridized carbons (Fsp3) is 0.533. The summed E-state index contributed by atoms with van der Waals surface area (Å²) >= 11 is 9.11. The normalized spacial score (nSPS) is 18.4. The highest BCUT2D eigenvalue weighted by molar-refractivity contribution is 9.10. The predicted octanol–water partition coefficient (Wildman–Crippen LogP) is 5.75. The number of nitrogens with one attached hydrogen (secondary N) is 1. The summed E-state index contributed by atoms with van der Waals surface area (Å²) in [5.74, 6) is 0.